The first-order valence-electron chi connectivity index (χ1n) is 6.69. The van der Waals surface area contributed by atoms with Gasteiger partial charge >= 0.3 is 0 Å². The van der Waals surface area contributed by atoms with Crippen molar-refractivity contribution in [2.24, 2.45) is 5.41 Å². The van der Waals surface area contributed by atoms with Crippen molar-refractivity contribution >= 4 is 5.91 Å². The molecular formula is C13H24N2O. The Labute approximate surface area is 98.4 Å². The molecule has 0 radical (unpaired) electrons. The second-order valence-corrected chi connectivity index (χ2v) is 5.64. The van der Waals surface area contributed by atoms with Gasteiger partial charge in [-0.3, -0.25) is 4.79 Å². The van der Waals surface area contributed by atoms with Crippen LogP contribution in [0.3, 0.4) is 0 Å². The van der Waals surface area contributed by atoms with Crippen molar-refractivity contribution in [3.05, 3.63) is 0 Å². The maximum absolute atomic E-state index is 11.7. The molecule has 2 aliphatic carbocycles. The van der Waals surface area contributed by atoms with Crippen molar-refractivity contribution in [1.82, 2.24) is 10.6 Å². The standard InChI is InChI=1S/C13H24N2O/c1-3-6-13(7-8-13)9-14-10(2)12(16)15-11-4-5-11/h10-11,14H,3-9H2,1-2H3,(H,15,16). The lowest BCUT2D eigenvalue weighted by atomic mass is 10.0. The smallest absolute Gasteiger partial charge is 0.237 e. The summed E-state index contributed by atoms with van der Waals surface area (Å²) >= 11 is 0. The Balaban J connectivity index is 1.66. The van der Waals surface area contributed by atoms with Gasteiger partial charge in [0, 0.05) is 12.6 Å². The van der Waals surface area contributed by atoms with E-state index >= 15 is 0 Å². The van der Waals surface area contributed by atoms with Gasteiger partial charge in [0.15, 0.2) is 0 Å². The number of nitrogens with one attached hydrogen (secondary N) is 2. The quantitative estimate of drug-likeness (QED) is 0.692. The topological polar surface area (TPSA) is 41.1 Å². The number of amides is 1. The van der Waals surface area contributed by atoms with Crippen molar-refractivity contribution in [2.45, 2.75) is 64.5 Å². The minimum absolute atomic E-state index is 0.0325. The summed E-state index contributed by atoms with van der Waals surface area (Å²) in [6.45, 7) is 5.23. The highest BCUT2D eigenvalue weighted by Crippen LogP contribution is 2.48. The molecule has 0 spiro atoms. The molecule has 2 saturated carbocycles. The lowest BCUT2D eigenvalue weighted by molar-refractivity contribution is -0.122. The summed E-state index contributed by atoms with van der Waals surface area (Å²) in [5.41, 5.74) is 0.531. The number of hydrogen-bond acceptors (Lipinski definition) is 2. The summed E-state index contributed by atoms with van der Waals surface area (Å²) in [6.07, 6.45) is 7.56. The van der Waals surface area contributed by atoms with E-state index in [0.717, 1.165) is 19.4 Å². The van der Waals surface area contributed by atoms with Crippen LogP contribution in [0.2, 0.25) is 0 Å². The Morgan fingerprint density at radius 3 is 2.62 bits per heavy atom. The van der Waals surface area contributed by atoms with Crippen LogP contribution >= 0.6 is 0 Å². The maximum atomic E-state index is 11.7. The lowest BCUT2D eigenvalue weighted by Crippen LogP contribution is -2.44. The average molecular weight is 224 g/mol. The first-order chi connectivity index (χ1) is 7.65. The molecule has 2 aliphatic rings. The summed E-state index contributed by atoms with van der Waals surface area (Å²) in [7, 11) is 0. The van der Waals surface area contributed by atoms with E-state index in [0.29, 0.717) is 11.5 Å². The summed E-state index contributed by atoms with van der Waals surface area (Å²) in [5.74, 6) is 0.176. The zero-order chi connectivity index (χ0) is 11.6. The largest absolute Gasteiger partial charge is 0.352 e. The molecule has 92 valence electrons. The van der Waals surface area contributed by atoms with E-state index in [9.17, 15) is 4.79 Å². The van der Waals surface area contributed by atoms with Crippen molar-refractivity contribution in [3.8, 4) is 0 Å². The minimum atomic E-state index is -0.0325. The summed E-state index contributed by atoms with van der Waals surface area (Å²) in [4.78, 5) is 11.7. The van der Waals surface area contributed by atoms with E-state index in [-0.39, 0.29) is 11.9 Å². The second-order valence-electron chi connectivity index (χ2n) is 5.64. The first kappa shape index (κ1) is 11.9. The van der Waals surface area contributed by atoms with Gasteiger partial charge in [-0.25, -0.2) is 0 Å². The van der Waals surface area contributed by atoms with Crippen LogP contribution in [0, 0.1) is 5.41 Å². The molecule has 0 aromatic heterocycles. The zero-order valence-electron chi connectivity index (χ0n) is 10.5. The fourth-order valence-electron chi connectivity index (χ4n) is 2.24. The van der Waals surface area contributed by atoms with Crippen LogP contribution < -0.4 is 10.6 Å². The Bertz CT molecular complexity index is 257. The highest BCUT2D eigenvalue weighted by atomic mass is 16.2. The molecule has 2 rings (SSSR count). The average Bonchev–Trinajstić information content (AvgIpc) is 3.12. The summed E-state index contributed by atoms with van der Waals surface area (Å²) in [5, 5.41) is 6.43. The molecule has 0 saturated heterocycles. The third-order valence-corrected chi connectivity index (χ3v) is 3.84. The number of carbonyl (C=O) groups excluding carboxylic acids is 1. The normalized spacial score (nSPS) is 23.9. The minimum Gasteiger partial charge on any atom is -0.352 e. The summed E-state index contributed by atoms with van der Waals surface area (Å²) in [6, 6.07) is 0.442. The maximum Gasteiger partial charge on any atom is 0.237 e. The van der Waals surface area contributed by atoms with Gasteiger partial charge in [-0.05, 0) is 44.4 Å². The molecule has 0 aliphatic heterocycles. The third-order valence-electron chi connectivity index (χ3n) is 3.84. The van der Waals surface area contributed by atoms with Crippen LogP contribution in [0.4, 0.5) is 0 Å². The van der Waals surface area contributed by atoms with E-state index in [1.165, 1.54) is 25.7 Å². The van der Waals surface area contributed by atoms with E-state index in [1.54, 1.807) is 0 Å². The first-order valence-corrected chi connectivity index (χ1v) is 6.69. The Hall–Kier alpha value is -0.570. The van der Waals surface area contributed by atoms with E-state index in [2.05, 4.69) is 17.6 Å². The van der Waals surface area contributed by atoms with Crippen molar-refractivity contribution in [2.75, 3.05) is 6.54 Å². The molecule has 3 heteroatoms. The fraction of sp³-hybridized carbons (Fsp3) is 0.923. The van der Waals surface area contributed by atoms with Crippen LogP contribution in [-0.2, 0) is 4.79 Å². The van der Waals surface area contributed by atoms with E-state index in [1.807, 2.05) is 6.92 Å². The highest BCUT2D eigenvalue weighted by Gasteiger charge is 2.41. The van der Waals surface area contributed by atoms with Crippen molar-refractivity contribution in [1.29, 1.82) is 0 Å². The van der Waals surface area contributed by atoms with Crippen LogP contribution in [0.15, 0.2) is 0 Å². The lowest BCUT2D eigenvalue weighted by Gasteiger charge is -2.19. The Morgan fingerprint density at radius 1 is 1.44 bits per heavy atom. The second kappa shape index (κ2) is 4.74. The van der Waals surface area contributed by atoms with E-state index in [4.69, 9.17) is 0 Å². The van der Waals surface area contributed by atoms with Gasteiger partial charge in [-0.15, -0.1) is 0 Å². The molecule has 0 aromatic carbocycles. The molecule has 16 heavy (non-hydrogen) atoms. The molecule has 0 aromatic rings. The molecule has 0 bridgehead atoms. The monoisotopic (exact) mass is 224 g/mol. The number of carbonyl (C=O) groups is 1. The molecule has 2 N–H and O–H groups in total. The van der Waals surface area contributed by atoms with Gasteiger partial charge in [0.1, 0.15) is 0 Å². The van der Waals surface area contributed by atoms with Gasteiger partial charge in [0.25, 0.3) is 0 Å². The van der Waals surface area contributed by atoms with Crippen molar-refractivity contribution < 1.29 is 4.79 Å². The predicted octanol–water partition coefficient (Wildman–Crippen LogP) is 1.82. The highest BCUT2D eigenvalue weighted by molar-refractivity contribution is 5.81. The van der Waals surface area contributed by atoms with Crippen molar-refractivity contribution in [3.63, 3.8) is 0 Å². The third kappa shape index (κ3) is 3.21. The SMILES string of the molecule is CCCC1(CNC(C)C(=O)NC2CC2)CC1. The van der Waals surface area contributed by atoms with Crippen LogP contribution in [0.5, 0.6) is 0 Å². The number of hydrogen-bond donors (Lipinski definition) is 2. The molecule has 0 heterocycles. The predicted molar refractivity (Wildman–Crippen MR) is 65.2 cm³/mol. The molecule has 1 amide bonds. The summed E-state index contributed by atoms with van der Waals surface area (Å²) < 4.78 is 0. The van der Waals surface area contributed by atoms with Crippen LogP contribution in [0.1, 0.15) is 52.4 Å². The Morgan fingerprint density at radius 2 is 2.12 bits per heavy atom. The van der Waals surface area contributed by atoms with E-state index < -0.39 is 0 Å². The van der Waals surface area contributed by atoms with Gasteiger partial charge < -0.3 is 10.6 Å². The van der Waals surface area contributed by atoms with Gasteiger partial charge in [-0.2, -0.15) is 0 Å². The van der Waals surface area contributed by atoms with Gasteiger partial charge in [-0.1, -0.05) is 13.3 Å². The molecule has 2 fully saturated rings. The fourth-order valence-corrected chi connectivity index (χ4v) is 2.24. The Kier molecular flexibility index (Phi) is 3.53. The van der Waals surface area contributed by atoms with Crippen LogP contribution in [-0.4, -0.2) is 24.5 Å². The van der Waals surface area contributed by atoms with Crippen LogP contribution in [0.25, 0.3) is 0 Å². The molecular weight excluding hydrogens is 200 g/mol. The molecule has 1 atom stereocenters. The van der Waals surface area contributed by atoms with Gasteiger partial charge in [0.2, 0.25) is 5.91 Å². The molecule has 1 unspecified atom stereocenters. The zero-order valence-corrected chi connectivity index (χ0v) is 10.5. The number of rotatable bonds is 7. The molecule has 3 nitrogen and oxygen atoms in total. The van der Waals surface area contributed by atoms with Gasteiger partial charge in [0.05, 0.1) is 6.04 Å².